The van der Waals surface area contributed by atoms with E-state index in [2.05, 4.69) is 48.3 Å². The van der Waals surface area contributed by atoms with Crippen LogP contribution in [0.4, 0.5) is 0 Å². The summed E-state index contributed by atoms with van der Waals surface area (Å²) in [5.41, 5.74) is 3.03. The van der Waals surface area contributed by atoms with Gasteiger partial charge in [0.2, 0.25) is 5.91 Å². The van der Waals surface area contributed by atoms with Crippen molar-refractivity contribution in [2.75, 3.05) is 26.9 Å². The van der Waals surface area contributed by atoms with E-state index in [9.17, 15) is 4.79 Å². The van der Waals surface area contributed by atoms with Gasteiger partial charge in [0.1, 0.15) is 12.3 Å². The number of hydrogen-bond acceptors (Lipinski definition) is 6. The molecule has 0 spiro atoms. The van der Waals surface area contributed by atoms with E-state index < -0.39 is 0 Å². The van der Waals surface area contributed by atoms with Crippen molar-refractivity contribution in [1.82, 2.24) is 25.0 Å². The van der Waals surface area contributed by atoms with E-state index in [-0.39, 0.29) is 18.5 Å². The molecule has 2 heterocycles. The molecule has 2 unspecified atom stereocenters. The van der Waals surface area contributed by atoms with Crippen molar-refractivity contribution in [3.63, 3.8) is 0 Å². The van der Waals surface area contributed by atoms with Gasteiger partial charge in [-0.05, 0) is 51.8 Å². The van der Waals surface area contributed by atoms with Crippen LogP contribution in [0, 0.1) is 0 Å². The zero-order valence-electron chi connectivity index (χ0n) is 21.9. The molecule has 4 rings (SSSR count). The molecule has 2 atom stereocenters. The third kappa shape index (κ3) is 6.30. The third-order valence-corrected chi connectivity index (χ3v) is 6.46. The van der Waals surface area contributed by atoms with Crippen LogP contribution in [-0.4, -0.2) is 70.6 Å². The lowest BCUT2D eigenvalue weighted by atomic mass is 10.1. The highest BCUT2D eigenvalue weighted by molar-refractivity contribution is 5.77. The van der Waals surface area contributed by atoms with E-state index >= 15 is 0 Å². The standard InChI is InChI=1S/C28H37N5O3/c1-19(2)29-26(34)16-33-28(24-7-6-8-25(15-24)35-5)30-27(31-33)23-11-9-22(10-12-23)13-14-32-20(3)17-36-18-21(32)4/h6-12,15,19-21H,13-14,16-18H2,1-5H3,(H,29,34). The van der Waals surface area contributed by atoms with Gasteiger partial charge in [-0.1, -0.05) is 36.4 Å². The number of hydrogen-bond donors (Lipinski definition) is 1. The highest BCUT2D eigenvalue weighted by Gasteiger charge is 2.24. The van der Waals surface area contributed by atoms with Gasteiger partial charge in [-0.15, -0.1) is 5.10 Å². The SMILES string of the molecule is COc1cccc(-c2nc(-c3ccc(CCN4C(C)COCC4C)cc3)nn2CC(=O)NC(C)C)c1. The maximum absolute atomic E-state index is 12.5. The second-order valence-corrected chi connectivity index (χ2v) is 9.79. The summed E-state index contributed by atoms with van der Waals surface area (Å²) in [5, 5.41) is 7.64. The molecule has 3 aromatic rings. The number of carbonyl (C=O) groups is 1. The second kappa shape index (κ2) is 11.7. The van der Waals surface area contributed by atoms with Gasteiger partial charge in [-0.2, -0.15) is 0 Å². The summed E-state index contributed by atoms with van der Waals surface area (Å²) in [6.45, 7) is 11.0. The number of amides is 1. The zero-order valence-corrected chi connectivity index (χ0v) is 21.9. The van der Waals surface area contributed by atoms with Gasteiger partial charge >= 0.3 is 0 Å². The van der Waals surface area contributed by atoms with Crippen molar-refractivity contribution in [1.29, 1.82) is 0 Å². The summed E-state index contributed by atoms with van der Waals surface area (Å²) in [7, 11) is 1.63. The molecule has 1 amide bonds. The van der Waals surface area contributed by atoms with Crippen LogP contribution in [0.25, 0.3) is 22.8 Å². The van der Waals surface area contributed by atoms with Gasteiger partial charge in [-0.3, -0.25) is 9.69 Å². The molecule has 1 aliphatic heterocycles. The molecule has 192 valence electrons. The second-order valence-electron chi connectivity index (χ2n) is 9.79. The maximum Gasteiger partial charge on any atom is 0.242 e. The van der Waals surface area contributed by atoms with Crippen molar-refractivity contribution in [3.8, 4) is 28.5 Å². The van der Waals surface area contributed by atoms with Gasteiger partial charge in [0.05, 0.1) is 20.3 Å². The van der Waals surface area contributed by atoms with Crippen LogP contribution in [0.3, 0.4) is 0 Å². The van der Waals surface area contributed by atoms with Crippen molar-refractivity contribution >= 4 is 5.91 Å². The van der Waals surface area contributed by atoms with Crippen LogP contribution in [0.2, 0.25) is 0 Å². The molecule has 0 radical (unpaired) electrons. The largest absolute Gasteiger partial charge is 0.497 e. The lowest BCUT2D eigenvalue weighted by molar-refractivity contribution is -0.122. The molecule has 8 heteroatoms. The maximum atomic E-state index is 12.5. The molecule has 1 aliphatic rings. The van der Waals surface area contributed by atoms with Gasteiger partial charge in [0.25, 0.3) is 0 Å². The first-order chi connectivity index (χ1) is 17.3. The number of carbonyl (C=O) groups excluding carboxylic acids is 1. The van der Waals surface area contributed by atoms with Crippen LogP contribution in [0.5, 0.6) is 5.75 Å². The summed E-state index contributed by atoms with van der Waals surface area (Å²) < 4.78 is 12.7. The first-order valence-corrected chi connectivity index (χ1v) is 12.7. The van der Waals surface area contributed by atoms with E-state index in [4.69, 9.17) is 19.6 Å². The third-order valence-electron chi connectivity index (χ3n) is 6.46. The summed E-state index contributed by atoms with van der Waals surface area (Å²) in [6, 6.07) is 17.0. The average molecular weight is 492 g/mol. The Morgan fingerprint density at radius 1 is 1.11 bits per heavy atom. The summed E-state index contributed by atoms with van der Waals surface area (Å²) in [6.07, 6.45) is 0.973. The van der Waals surface area contributed by atoms with Crippen molar-refractivity contribution in [2.45, 2.75) is 58.8 Å². The number of nitrogens with zero attached hydrogens (tertiary/aromatic N) is 4. The zero-order chi connectivity index (χ0) is 25.7. The van der Waals surface area contributed by atoms with Gasteiger partial charge < -0.3 is 14.8 Å². The lowest BCUT2D eigenvalue weighted by Gasteiger charge is -2.38. The van der Waals surface area contributed by atoms with Crippen molar-refractivity contribution in [3.05, 3.63) is 54.1 Å². The number of methoxy groups -OCH3 is 1. The van der Waals surface area contributed by atoms with E-state index in [1.807, 2.05) is 38.1 Å². The highest BCUT2D eigenvalue weighted by Crippen LogP contribution is 2.26. The summed E-state index contributed by atoms with van der Waals surface area (Å²) in [4.78, 5) is 19.9. The predicted molar refractivity (Wildman–Crippen MR) is 141 cm³/mol. The fraction of sp³-hybridized carbons (Fsp3) is 0.464. The van der Waals surface area contributed by atoms with Gasteiger partial charge in [0.15, 0.2) is 11.6 Å². The number of rotatable bonds is 9. The number of aromatic nitrogens is 3. The average Bonchev–Trinajstić information content (AvgIpc) is 3.27. The molecule has 1 saturated heterocycles. The van der Waals surface area contributed by atoms with E-state index in [1.165, 1.54) is 5.56 Å². The quantitative estimate of drug-likeness (QED) is 0.490. The van der Waals surface area contributed by atoms with Crippen LogP contribution in [-0.2, 0) is 22.5 Å². The topological polar surface area (TPSA) is 81.5 Å². The summed E-state index contributed by atoms with van der Waals surface area (Å²) in [5.74, 6) is 1.84. The van der Waals surface area contributed by atoms with E-state index in [1.54, 1.807) is 11.8 Å². The van der Waals surface area contributed by atoms with E-state index in [0.29, 0.717) is 23.7 Å². The molecular weight excluding hydrogens is 454 g/mol. The number of benzene rings is 2. The number of morpholine rings is 1. The Kier molecular flexibility index (Phi) is 8.38. The minimum absolute atomic E-state index is 0.0525. The molecule has 2 aromatic carbocycles. The Balaban J connectivity index is 1.55. The first-order valence-electron chi connectivity index (χ1n) is 12.7. The lowest BCUT2D eigenvalue weighted by Crippen LogP contribution is -2.50. The number of nitrogens with one attached hydrogen (secondary N) is 1. The van der Waals surface area contributed by atoms with Gasteiger partial charge in [0, 0.05) is 35.8 Å². The Labute approximate surface area is 213 Å². The molecule has 0 saturated carbocycles. The molecule has 8 nitrogen and oxygen atoms in total. The number of ether oxygens (including phenoxy) is 2. The fourth-order valence-corrected chi connectivity index (χ4v) is 4.61. The molecular formula is C28H37N5O3. The van der Waals surface area contributed by atoms with Crippen LogP contribution < -0.4 is 10.1 Å². The van der Waals surface area contributed by atoms with Gasteiger partial charge in [-0.25, -0.2) is 9.67 Å². The Bertz CT molecular complexity index is 1150. The molecule has 1 N–H and O–H groups in total. The first kappa shape index (κ1) is 25.9. The molecule has 0 aliphatic carbocycles. The smallest absolute Gasteiger partial charge is 0.242 e. The van der Waals surface area contributed by atoms with Crippen LogP contribution >= 0.6 is 0 Å². The molecule has 1 fully saturated rings. The van der Waals surface area contributed by atoms with Crippen molar-refractivity contribution < 1.29 is 14.3 Å². The molecule has 36 heavy (non-hydrogen) atoms. The molecule has 1 aromatic heterocycles. The van der Waals surface area contributed by atoms with Crippen LogP contribution in [0.15, 0.2) is 48.5 Å². The van der Waals surface area contributed by atoms with Crippen molar-refractivity contribution in [2.24, 2.45) is 0 Å². The van der Waals surface area contributed by atoms with Crippen LogP contribution in [0.1, 0.15) is 33.3 Å². The fourth-order valence-electron chi connectivity index (χ4n) is 4.61. The Morgan fingerprint density at radius 2 is 1.83 bits per heavy atom. The monoisotopic (exact) mass is 491 g/mol. The normalized spacial score (nSPS) is 18.4. The Morgan fingerprint density at radius 3 is 2.50 bits per heavy atom. The predicted octanol–water partition coefficient (Wildman–Crippen LogP) is 3.80. The van der Waals surface area contributed by atoms with E-state index in [0.717, 1.165) is 43.1 Å². The molecule has 0 bridgehead atoms. The Hall–Kier alpha value is -3.23. The highest BCUT2D eigenvalue weighted by atomic mass is 16.5. The summed E-state index contributed by atoms with van der Waals surface area (Å²) >= 11 is 0. The minimum atomic E-state index is -0.104. The minimum Gasteiger partial charge on any atom is -0.497 e.